The fraction of sp³-hybridized carbons (Fsp3) is 0.370. The van der Waals surface area contributed by atoms with Crippen molar-refractivity contribution in [3.05, 3.63) is 125 Å². The zero-order valence-corrected chi connectivity index (χ0v) is 39.1. The molecule has 0 saturated carbocycles. The van der Waals surface area contributed by atoms with E-state index < -0.39 is 0 Å². The van der Waals surface area contributed by atoms with Gasteiger partial charge in [0.2, 0.25) is 0 Å². The highest BCUT2D eigenvalue weighted by Gasteiger charge is 2.47. The molecule has 59 heavy (non-hydrogen) atoms. The average molecular weight is 811 g/mol. The molecule has 2 aromatic heterocycles. The summed E-state index contributed by atoms with van der Waals surface area (Å²) in [4.78, 5) is 5.26. The van der Waals surface area contributed by atoms with E-state index in [2.05, 4.69) is 197 Å². The Labute approximate surface area is 361 Å². The Kier molecular flexibility index (Phi) is 8.31. The minimum atomic E-state index is 0.0295. The lowest BCUT2D eigenvalue weighted by molar-refractivity contribution is 0.332. The van der Waals surface area contributed by atoms with E-state index in [-0.39, 0.29) is 33.8 Å². The average Bonchev–Trinajstić information content (AvgIpc) is 3.74. The largest absolute Gasteiger partial charge is 0.303 e. The van der Waals surface area contributed by atoms with Gasteiger partial charge in [0.15, 0.2) is 0 Å². The fourth-order valence-corrected chi connectivity index (χ4v) is 12.8. The topological polar surface area (TPSA) is 6.48 Å². The minimum absolute atomic E-state index is 0.0295. The van der Waals surface area contributed by atoms with Crippen LogP contribution in [0.15, 0.2) is 97.1 Å². The molecule has 0 radical (unpaired) electrons. The first-order valence-electron chi connectivity index (χ1n) is 21.8. The van der Waals surface area contributed by atoms with Crippen molar-refractivity contribution in [2.75, 3.05) is 9.80 Å². The molecule has 2 nitrogen and oxygen atoms in total. The van der Waals surface area contributed by atoms with Gasteiger partial charge in [-0.1, -0.05) is 139 Å². The first-order valence-corrected chi connectivity index (χ1v) is 23.4. The van der Waals surface area contributed by atoms with Crippen molar-refractivity contribution in [3.63, 3.8) is 0 Å². The third-order valence-electron chi connectivity index (χ3n) is 14.0. The van der Waals surface area contributed by atoms with Crippen molar-refractivity contribution in [1.29, 1.82) is 0 Å². The Balaban J connectivity index is 1.32. The zero-order chi connectivity index (χ0) is 41.8. The summed E-state index contributed by atoms with van der Waals surface area (Å²) < 4.78 is 2.71. The van der Waals surface area contributed by atoms with Crippen molar-refractivity contribution in [2.45, 2.75) is 130 Å². The van der Waals surface area contributed by atoms with Crippen LogP contribution in [0.3, 0.4) is 0 Å². The maximum atomic E-state index is 2.66. The predicted molar refractivity (Wildman–Crippen MR) is 263 cm³/mol. The monoisotopic (exact) mass is 810 g/mol. The summed E-state index contributed by atoms with van der Waals surface area (Å²) in [7, 11) is 0. The third-order valence-corrected chi connectivity index (χ3v) is 16.4. The molecule has 2 aliphatic heterocycles. The van der Waals surface area contributed by atoms with Gasteiger partial charge in [-0.2, -0.15) is 0 Å². The first kappa shape index (κ1) is 38.9. The Morgan fingerprint density at radius 3 is 1.41 bits per heavy atom. The molecule has 0 spiro atoms. The maximum Gasteiger partial charge on any atom is 0.256 e. The Bertz CT molecular complexity index is 2850. The Morgan fingerprint density at radius 1 is 0.475 bits per heavy atom. The first-order chi connectivity index (χ1) is 27.6. The molecule has 4 heterocycles. The van der Waals surface area contributed by atoms with Crippen LogP contribution in [-0.4, -0.2) is 6.71 Å². The number of hydrogen-bond donors (Lipinski definition) is 0. The van der Waals surface area contributed by atoms with Gasteiger partial charge in [-0.25, -0.2) is 0 Å². The highest BCUT2D eigenvalue weighted by Crippen LogP contribution is 2.53. The van der Waals surface area contributed by atoms with Crippen LogP contribution in [0.25, 0.3) is 20.2 Å². The summed E-state index contributed by atoms with van der Waals surface area (Å²) in [6, 6.07) is 38.7. The maximum absolute atomic E-state index is 2.66. The summed E-state index contributed by atoms with van der Waals surface area (Å²) in [6.07, 6.45) is 2.40. The highest BCUT2D eigenvalue weighted by molar-refractivity contribution is 7.29. The highest BCUT2D eigenvalue weighted by atomic mass is 32.1. The Morgan fingerprint density at radius 2 is 0.915 bits per heavy atom. The predicted octanol–water partition coefficient (Wildman–Crippen LogP) is 14.4. The second kappa shape index (κ2) is 12.6. The van der Waals surface area contributed by atoms with E-state index in [1.54, 1.807) is 0 Å². The molecule has 1 aliphatic carbocycles. The van der Waals surface area contributed by atoms with E-state index in [1.807, 2.05) is 22.7 Å². The zero-order valence-electron chi connectivity index (χ0n) is 37.4. The standard InChI is InChI=1S/C54H59BN2S2/c1-50(2,3)32-17-21-35(22-18-32)56-41-15-14-16-42-47(41)55(45-37-29-33(51(4,5)6)19-25-43(37)58-48(45)56)46-38-30-34(52(7,8)9)20-26-44(38)59-49(46)57(42)36-23-24-39-40(31-36)54(12,13)28-27-53(39,10)11/h14-26,29-31H,27-28H2,1-13H3. The van der Waals surface area contributed by atoms with Crippen LogP contribution >= 0.6 is 22.7 Å². The molecule has 300 valence electrons. The lowest BCUT2D eigenvalue weighted by Crippen LogP contribution is -2.60. The summed E-state index contributed by atoms with van der Waals surface area (Å²) in [5.41, 5.74) is 16.9. The van der Waals surface area contributed by atoms with E-state index in [0.29, 0.717) is 0 Å². The summed E-state index contributed by atoms with van der Waals surface area (Å²) >= 11 is 3.94. The number of hydrogen-bond acceptors (Lipinski definition) is 4. The molecule has 3 aliphatic rings. The molecular formula is C54H59BN2S2. The van der Waals surface area contributed by atoms with Crippen LogP contribution in [-0.2, 0) is 27.1 Å². The van der Waals surface area contributed by atoms with Gasteiger partial charge in [0.05, 0.1) is 10.0 Å². The number of benzene rings is 5. The van der Waals surface area contributed by atoms with E-state index in [9.17, 15) is 0 Å². The normalized spacial score (nSPS) is 16.9. The third kappa shape index (κ3) is 5.92. The number of fused-ring (bicyclic) bond motifs is 9. The van der Waals surface area contributed by atoms with Gasteiger partial charge in [-0.15, -0.1) is 22.7 Å². The molecule has 10 rings (SSSR count). The SMILES string of the molecule is CC(C)(C)c1ccc(N2c3cccc4c3B(c3c2sc2ccc(C(C)(C)C)cc32)c2c(sc3ccc(C(C)(C)C)cc23)N4c2ccc3c(c2)C(C)(C)CCC3(C)C)cc1. The molecule has 0 saturated heterocycles. The summed E-state index contributed by atoms with van der Waals surface area (Å²) in [6.45, 7) is 30.9. The van der Waals surface area contributed by atoms with E-state index in [1.165, 1.54) is 110 Å². The number of nitrogens with zero attached hydrogens (tertiary/aromatic N) is 2. The van der Waals surface area contributed by atoms with E-state index >= 15 is 0 Å². The van der Waals surface area contributed by atoms with Crippen LogP contribution < -0.4 is 26.2 Å². The van der Waals surface area contributed by atoms with Gasteiger partial charge in [-0.3, -0.25) is 0 Å². The second-order valence-electron chi connectivity index (χ2n) is 22.2. The van der Waals surface area contributed by atoms with Gasteiger partial charge >= 0.3 is 0 Å². The molecule has 5 heteroatoms. The van der Waals surface area contributed by atoms with Crippen molar-refractivity contribution in [3.8, 4) is 0 Å². The number of thiophene rings is 2. The van der Waals surface area contributed by atoms with Crippen LogP contribution in [0, 0.1) is 0 Å². The lowest BCUT2D eigenvalue weighted by atomic mass is 9.33. The number of anilines is 6. The summed E-state index contributed by atoms with van der Waals surface area (Å²) in [5, 5.41) is 5.48. The van der Waals surface area contributed by atoms with Crippen molar-refractivity contribution in [1.82, 2.24) is 0 Å². The van der Waals surface area contributed by atoms with Crippen molar-refractivity contribution >= 4 is 98.7 Å². The smallest absolute Gasteiger partial charge is 0.256 e. The van der Waals surface area contributed by atoms with Crippen LogP contribution in [0.2, 0.25) is 0 Å². The quantitative estimate of drug-likeness (QED) is 0.161. The van der Waals surface area contributed by atoms with Crippen LogP contribution in [0.4, 0.5) is 32.8 Å². The van der Waals surface area contributed by atoms with Crippen molar-refractivity contribution in [2.24, 2.45) is 0 Å². The molecule has 7 aromatic rings. The molecule has 5 aromatic carbocycles. The van der Waals surface area contributed by atoms with Gasteiger partial charge in [0.1, 0.15) is 0 Å². The van der Waals surface area contributed by atoms with Gasteiger partial charge in [-0.05, 0) is 143 Å². The molecular weight excluding hydrogens is 752 g/mol. The molecule has 0 N–H and O–H groups in total. The molecule has 0 bridgehead atoms. The number of rotatable bonds is 2. The van der Waals surface area contributed by atoms with Crippen LogP contribution in [0.5, 0.6) is 0 Å². The molecule has 0 fully saturated rings. The lowest BCUT2D eigenvalue weighted by Gasteiger charge is -2.44. The minimum Gasteiger partial charge on any atom is -0.303 e. The van der Waals surface area contributed by atoms with Gasteiger partial charge < -0.3 is 9.80 Å². The fourth-order valence-electron chi connectivity index (χ4n) is 10.2. The molecule has 0 amide bonds. The second-order valence-corrected chi connectivity index (χ2v) is 24.2. The van der Waals surface area contributed by atoms with Crippen LogP contribution in [0.1, 0.15) is 131 Å². The van der Waals surface area contributed by atoms with E-state index in [4.69, 9.17) is 0 Å². The Hall–Kier alpha value is -4.32. The van der Waals surface area contributed by atoms with Gasteiger partial charge in [0, 0.05) is 32.1 Å². The molecule has 0 unspecified atom stereocenters. The van der Waals surface area contributed by atoms with Gasteiger partial charge in [0.25, 0.3) is 6.71 Å². The molecule has 0 atom stereocenters. The van der Waals surface area contributed by atoms with E-state index in [0.717, 1.165) is 0 Å². The summed E-state index contributed by atoms with van der Waals surface area (Å²) in [5.74, 6) is 0. The van der Waals surface area contributed by atoms with Crippen molar-refractivity contribution < 1.29 is 0 Å².